The van der Waals surface area contributed by atoms with Crippen molar-refractivity contribution in [1.29, 1.82) is 0 Å². The minimum absolute atomic E-state index is 0.0731. The lowest BCUT2D eigenvalue weighted by atomic mass is 10.0. The molecule has 11 nitrogen and oxygen atoms in total. The number of hydrogen-bond acceptors (Lipinski definition) is 6. The lowest BCUT2D eigenvalue weighted by Crippen LogP contribution is -2.56. The van der Waals surface area contributed by atoms with Gasteiger partial charge in [0.1, 0.15) is 18.1 Å². The molecule has 0 saturated carbocycles. The molecule has 4 atom stereocenters. The number of unbranched alkanes of at least 4 members (excludes halogenated alkanes) is 1. The maximum atomic E-state index is 13.0. The number of carbonyl (C=O) groups is 4. The predicted octanol–water partition coefficient (Wildman–Crippen LogP) is 0.772. The number of aliphatic carboxylic acids is 1. The van der Waals surface area contributed by atoms with Crippen LogP contribution in [0.1, 0.15) is 52.0 Å². The van der Waals surface area contributed by atoms with Crippen LogP contribution in [-0.4, -0.2) is 64.5 Å². The number of amides is 3. The standard InChI is InChI=1S/C26H40N6O5/c1-15(2)12-22(25(35)30-16(3)23(33)31-21(26(36)37)10-6-7-11-27)32-24(34)19(28)13-17-14-29-20-9-5-4-8-18(17)20/h4-5,8-9,14-16,19,21-22,29H,6-7,10-13,27-28H2,1-3H3,(H,30,35)(H,31,33)(H,32,34)(H,36,37). The van der Waals surface area contributed by atoms with Crippen LogP contribution in [0.2, 0.25) is 0 Å². The molecule has 9 N–H and O–H groups in total. The average molecular weight is 517 g/mol. The smallest absolute Gasteiger partial charge is 0.326 e. The molecule has 1 heterocycles. The predicted molar refractivity (Wildman–Crippen MR) is 141 cm³/mol. The highest BCUT2D eigenvalue weighted by Crippen LogP contribution is 2.19. The van der Waals surface area contributed by atoms with E-state index in [2.05, 4.69) is 20.9 Å². The number of H-pyrrole nitrogens is 1. The Kier molecular flexibility index (Phi) is 11.5. The number of hydrogen-bond donors (Lipinski definition) is 7. The monoisotopic (exact) mass is 516 g/mol. The number of nitrogens with two attached hydrogens (primary N) is 2. The Morgan fingerprint density at radius 2 is 1.62 bits per heavy atom. The van der Waals surface area contributed by atoms with Crippen molar-refractivity contribution in [2.75, 3.05) is 6.54 Å². The van der Waals surface area contributed by atoms with Gasteiger partial charge in [0.05, 0.1) is 6.04 Å². The Bertz CT molecular complexity index is 1070. The van der Waals surface area contributed by atoms with E-state index in [-0.39, 0.29) is 18.8 Å². The molecule has 0 spiro atoms. The molecule has 37 heavy (non-hydrogen) atoms. The summed E-state index contributed by atoms with van der Waals surface area (Å²) in [6, 6.07) is 3.83. The number of rotatable bonds is 15. The van der Waals surface area contributed by atoms with E-state index in [0.717, 1.165) is 16.5 Å². The summed E-state index contributed by atoms with van der Waals surface area (Å²) in [5.74, 6) is -2.73. The second kappa shape index (κ2) is 14.3. The van der Waals surface area contributed by atoms with Gasteiger partial charge in [0, 0.05) is 17.1 Å². The molecular weight excluding hydrogens is 476 g/mol. The second-order valence-corrected chi connectivity index (χ2v) is 9.77. The van der Waals surface area contributed by atoms with Crippen LogP contribution in [0.3, 0.4) is 0 Å². The number of benzene rings is 1. The number of carbonyl (C=O) groups excluding carboxylic acids is 3. The SMILES string of the molecule is CC(C)CC(NC(=O)C(N)Cc1c[nH]c2ccccc12)C(=O)NC(C)C(=O)NC(CCCCN)C(=O)O. The van der Waals surface area contributed by atoms with Crippen LogP contribution in [0.4, 0.5) is 0 Å². The Morgan fingerprint density at radius 3 is 2.27 bits per heavy atom. The minimum atomic E-state index is -1.15. The van der Waals surface area contributed by atoms with E-state index >= 15 is 0 Å². The van der Waals surface area contributed by atoms with Crippen molar-refractivity contribution in [3.8, 4) is 0 Å². The van der Waals surface area contributed by atoms with Gasteiger partial charge in [0.2, 0.25) is 17.7 Å². The molecule has 2 aromatic rings. The topological polar surface area (TPSA) is 192 Å². The number of aromatic nitrogens is 1. The van der Waals surface area contributed by atoms with E-state index in [1.165, 1.54) is 6.92 Å². The quantitative estimate of drug-likeness (QED) is 0.170. The van der Waals surface area contributed by atoms with Crippen LogP contribution < -0.4 is 27.4 Å². The van der Waals surface area contributed by atoms with Gasteiger partial charge < -0.3 is 37.5 Å². The number of nitrogens with one attached hydrogen (secondary N) is 4. The maximum absolute atomic E-state index is 13.0. The fourth-order valence-electron chi connectivity index (χ4n) is 4.04. The van der Waals surface area contributed by atoms with Crippen molar-refractivity contribution in [1.82, 2.24) is 20.9 Å². The number of carboxylic acids is 1. The summed E-state index contributed by atoms with van der Waals surface area (Å²) in [4.78, 5) is 53.1. The van der Waals surface area contributed by atoms with E-state index in [0.29, 0.717) is 25.8 Å². The minimum Gasteiger partial charge on any atom is -0.480 e. The Hall–Kier alpha value is -3.44. The first kappa shape index (κ1) is 29.8. The summed E-state index contributed by atoms with van der Waals surface area (Å²) in [5, 5.41) is 18.1. The van der Waals surface area contributed by atoms with Crippen molar-refractivity contribution in [3.05, 3.63) is 36.0 Å². The molecule has 0 saturated heterocycles. The third-order valence-electron chi connectivity index (χ3n) is 6.11. The lowest BCUT2D eigenvalue weighted by Gasteiger charge is -2.24. The van der Waals surface area contributed by atoms with Crippen molar-refractivity contribution in [2.45, 2.75) is 77.0 Å². The Balaban J connectivity index is 1.99. The van der Waals surface area contributed by atoms with Crippen molar-refractivity contribution < 1.29 is 24.3 Å². The molecule has 204 valence electrons. The molecule has 4 unspecified atom stereocenters. The normalized spacial score (nSPS) is 14.5. The summed E-state index contributed by atoms with van der Waals surface area (Å²) in [5.41, 5.74) is 13.5. The second-order valence-electron chi connectivity index (χ2n) is 9.77. The Labute approximate surface area is 217 Å². The third-order valence-corrected chi connectivity index (χ3v) is 6.11. The number of carboxylic acid groups (broad SMARTS) is 1. The fourth-order valence-corrected chi connectivity index (χ4v) is 4.04. The first-order valence-electron chi connectivity index (χ1n) is 12.7. The molecule has 11 heteroatoms. The van der Waals surface area contributed by atoms with Crippen molar-refractivity contribution in [3.63, 3.8) is 0 Å². The molecule has 0 aliphatic rings. The highest BCUT2D eigenvalue weighted by molar-refractivity contribution is 5.94. The van der Waals surface area contributed by atoms with E-state index in [4.69, 9.17) is 11.5 Å². The number of fused-ring (bicyclic) bond motifs is 1. The molecule has 0 radical (unpaired) electrons. The van der Waals surface area contributed by atoms with Crippen molar-refractivity contribution in [2.24, 2.45) is 17.4 Å². The number of para-hydroxylation sites is 1. The fraction of sp³-hybridized carbons (Fsp3) is 0.538. The summed E-state index contributed by atoms with van der Waals surface area (Å²) in [6.45, 7) is 5.71. The van der Waals surface area contributed by atoms with Crippen LogP contribution >= 0.6 is 0 Å². The zero-order valence-corrected chi connectivity index (χ0v) is 21.8. The van der Waals surface area contributed by atoms with Gasteiger partial charge in [-0.25, -0.2) is 4.79 Å². The molecule has 0 aliphatic carbocycles. The van der Waals surface area contributed by atoms with Gasteiger partial charge in [-0.2, -0.15) is 0 Å². The highest BCUT2D eigenvalue weighted by atomic mass is 16.4. The zero-order valence-electron chi connectivity index (χ0n) is 21.8. The third kappa shape index (κ3) is 9.18. The molecular formula is C26H40N6O5. The summed E-state index contributed by atoms with van der Waals surface area (Å²) < 4.78 is 0. The van der Waals surface area contributed by atoms with E-state index in [9.17, 15) is 24.3 Å². The van der Waals surface area contributed by atoms with E-state index < -0.39 is 47.9 Å². The van der Waals surface area contributed by atoms with Gasteiger partial charge in [-0.1, -0.05) is 32.0 Å². The van der Waals surface area contributed by atoms with Gasteiger partial charge in [0.25, 0.3) is 0 Å². The van der Waals surface area contributed by atoms with Gasteiger partial charge in [0.15, 0.2) is 0 Å². The van der Waals surface area contributed by atoms with Gasteiger partial charge in [-0.05, 0) is 63.1 Å². The van der Waals surface area contributed by atoms with Crippen LogP contribution in [0.25, 0.3) is 10.9 Å². The van der Waals surface area contributed by atoms with Gasteiger partial charge >= 0.3 is 5.97 Å². The molecule has 2 rings (SSSR count). The maximum Gasteiger partial charge on any atom is 0.326 e. The zero-order chi connectivity index (χ0) is 27.5. The van der Waals surface area contributed by atoms with Crippen LogP contribution in [-0.2, 0) is 25.6 Å². The molecule has 0 bridgehead atoms. The van der Waals surface area contributed by atoms with E-state index in [1.807, 2.05) is 44.3 Å². The van der Waals surface area contributed by atoms with Gasteiger partial charge in [-0.15, -0.1) is 0 Å². The van der Waals surface area contributed by atoms with Crippen molar-refractivity contribution >= 4 is 34.6 Å². The summed E-state index contributed by atoms with van der Waals surface area (Å²) in [6.07, 6.45) is 3.87. The van der Waals surface area contributed by atoms with E-state index in [1.54, 1.807) is 0 Å². The summed E-state index contributed by atoms with van der Waals surface area (Å²) in [7, 11) is 0. The molecule has 1 aromatic carbocycles. The number of aromatic amines is 1. The Morgan fingerprint density at radius 1 is 0.946 bits per heavy atom. The first-order chi connectivity index (χ1) is 17.5. The van der Waals surface area contributed by atoms with Crippen LogP contribution in [0, 0.1) is 5.92 Å². The summed E-state index contributed by atoms with van der Waals surface area (Å²) >= 11 is 0. The van der Waals surface area contributed by atoms with Crippen LogP contribution in [0.5, 0.6) is 0 Å². The van der Waals surface area contributed by atoms with Crippen LogP contribution in [0.15, 0.2) is 30.5 Å². The highest BCUT2D eigenvalue weighted by Gasteiger charge is 2.29. The largest absolute Gasteiger partial charge is 0.480 e. The molecule has 3 amide bonds. The molecule has 0 fully saturated rings. The average Bonchev–Trinajstić information content (AvgIpc) is 3.25. The lowest BCUT2D eigenvalue weighted by molar-refractivity contribution is -0.142. The molecule has 1 aromatic heterocycles. The molecule has 0 aliphatic heterocycles. The first-order valence-corrected chi connectivity index (χ1v) is 12.7. The van der Waals surface area contributed by atoms with Gasteiger partial charge in [-0.3, -0.25) is 14.4 Å².